The molecule has 1 heterocycles. The van der Waals surface area contributed by atoms with Crippen LogP contribution in [-0.2, 0) is 4.84 Å². The van der Waals surface area contributed by atoms with Gasteiger partial charge in [0.2, 0.25) is 5.78 Å². The van der Waals surface area contributed by atoms with E-state index in [0.717, 1.165) is 0 Å². The molecule has 0 radical (unpaired) electrons. The first-order valence-corrected chi connectivity index (χ1v) is 7.06. The average molecular weight is 287 g/mol. The first-order valence-electron chi connectivity index (χ1n) is 6.12. The van der Waals surface area contributed by atoms with Crippen LogP contribution in [-0.4, -0.2) is 17.5 Å². The van der Waals surface area contributed by atoms with Crippen LogP contribution in [0, 0.1) is 0 Å². The molecule has 4 nitrogen and oxygen atoms in total. The molecule has 2 aromatic rings. The molecule has 0 atom stereocenters. The Balaban J connectivity index is 2.09. The van der Waals surface area contributed by atoms with Crippen molar-refractivity contribution in [1.82, 2.24) is 0 Å². The highest BCUT2D eigenvalue weighted by Gasteiger charge is 2.15. The summed E-state index contributed by atoms with van der Waals surface area (Å²) in [6.45, 7) is 1.79. The van der Waals surface area contributed by atoms with Crippen LogP contribution < -0.4 is 0 Å². The molecular weight excluding hydrogens is 274 g/mol. The quantitative estimate of drug-likeness (QED) is 0.366. The lowest BCUT2D eigenvalue weighted by Crippen LogP contribution is -2.14. The summed E-state index contributed by atoms with van der Waals surface area (Å²) in [5.41, 5.74) is 1.19. The molecular formula is C15H13NO3S. The number of benzene rings is 1. The van der Waals surface area contributed by atoms with Crippen molar-refractivity contribution in [1.29, 1.82) is 0 Å². The summed E-state index contributed by atoms with van der Waals surface area (Å²) in [6.07, 6.45) is 0.400. The van der Waals surface area contributed by atoms with E-state index in [9.17, 15) is 9.59 Å². The number of ketones is 1. The maximum Gasteiger partial charge on any atom is 0.365 e. The maximum atomic E-state index is 12.1. The number of rotatable bonds is 5. The Kier molecular flexibility index (Phi) is 4.79. The molecule has 0 aliphatic heterocycles. The molecule has 0 unspecified atom stereocenters. The lowest BCUT2D eigenvalue weighted by molar-refractivity contribution is 0.0515. The van der Waals surface area contributed by atoms with Gasteiger partial charge in [0, 0.05) is 10.9 Å². The lowest BCUT2D eigenvalue weighted by atomic mass is 10.1. The summed E-state index contributed by atoms with van der Waals surface area (Å²) in [5, 5.41) is 7.26. The van der Waals surface area contributed by atoms with Gasteiger partial charge < -0.3 is 4.84 Å². The van der Waals surface area contributed by atoms with E-state index in [-0.39, 0.29) is 11.5 Å². The van der Waals surface area contributed by atoms with Gasteiger partial charge in [-0.25, -0.2) is 4.79 Å². The molecule has 0 aliphatic rings. The van der Waals surface area contributed by atoms with Crippen molar-refractivity contribution in [2.24, 2.45) is 5.16 Å². The number of hydrogen-bond donors (Lipinski definition) is 0. The number of hydrogen-bond acceptors (Lipinski definition) is 5. The molecule has 5 heteroatoms. The Morgan fingerprint density at radius 1 is 1.15 bits per heavy atom. The Hall–Kier alpha value is -2.27. The van der Waals surface area contributed by atoms with E-state index in [1.165, 1.54) is 11.3 Å². The summed E-state index contributed by atoms with van der Waals surface area (Å²) < 4.78 is 0. The SMILES string of the molecule is CCC(=NOC(=O)c1ccccc1)C(=O)c1ccsc1. The number of thiophene rings is 1. The average Bonchev–Trinajstić information content (AvgIpc) is 3.02. The molecule has 1 aromatic heterocycles. The van der Waals surface area contributed by atoms with Gasteiger partial charge in [-0.15, -0.1) is 0 Å². The highest BCUT2D eigenvalue weighted by Crippen LogP contribution is 2.10. The fourth-order valence-corrected chi connectivity index (χ4v) is 2.19. The van der Waals surface area contributed by atoms with Crippen molar-refractivity contribution >= 4 is 28.8 Å². The van der Waals surface area contributed by atoms with Gasteiger partial charge in [-0.2, -0.15) is 11.3 Å². The molecule has 102 valence electrons. The Morgan fingerprint density at radius 2 is 1.90 bits per heavy atom. The molecule has 0 fully saturated rings. The van der Waals surface area contributed by atoms with E-state index in [0.29, 0.717) is 17.5 Å². The molecule has 0 N–H and O–H groups in total. The van der Waals surface area contributed by atoms with Crippen LogP contribution in [0.2, 0.25) is 0 Å². The molecule has 0 spiro atoms. The van der Waals surface area contributed by atoms with Crippen LogP contribution >= 0.6 is 11.3 Å². The second-order valence-corrected chi connectivity index (χ2v) is 4.76. The highest BCUT2D eigenvalue weighted by atomic mass is 32.1. The van der Waals surface area contributed by atoms with Crippen LogP contribution in [0.25, 0.3) is 0 Å². The van der Waals surface area contributed by atoms with Crippen molar-refractivity contribution in [2.75, 3.05) is 0 Å². The number of carbonyl (C=O) groups excluding carboxylic acids is 2. The minimum atomic E-state index is -0.574. The smallest absolute Gasteiger partial charge is 0.312 e. The van der Waals surface area contributed by atoms with Crippen LogP contribution in [0.4, 0.5) is 0 Å². The zero-order valence-electron chi connectivity index (χ0n) is 10.9. The Morgan fingerprint density at radius 3 is 2.50 bits per heavy atom. The van der Waals surface area contributed by atoms with E-state index in [1.807, 2.05) is 5.38 Å². The van der Waals surface area contributed by atoms with Crippen molar-refractivity contribution < 1.29 is 14.4 Å². The summed E-state index contributed by atoms with van der Waals surface area (Å²) in [7, 11) is 0. The first-order chi connectivity index (χ1) is 9.72. The Bertz CT molecular complexity index is 618. The van der Waals surface area contributed by atoms with E-state index in [4.69, 9.17) is 4.84 Å². The van der Waals surface area contributed by atoms with E-state index >= 15 is 0 Å². The standard InChI is InChI=1S/C15H13NO3S/c1-2-13(14(17)12-8-9-20-10-12)16-19-15(18)11-6-4-3-5-7-11/h3-10H,2H2,1H3. The molecule has 0 aliphatic carbocycles. The minimum absolute atomic E-state index is 0.213. The largest absolute Gasteiger partial charge is 0.365 e. The zero-order chi connectivity index (χ0) is 14.4. The van der Waals surface area contributed by atoms with Gasteiger partial charge >= 0.3 is 5.97 Å². The van der Waals surface area contributed by atoms with Crippen molar-refractivity contribution in [3.05, 3.63) is 58.3 Å². The minimum Gasteiger partial charge on any atom is -0.312 e. The number of Topliss-reactive ketones (excluding diaryl/α,β-unsaturated/α-hetero) is 1. The van der Waals surface area contributed by atoms with Gasteiger partial charge in [0.15, 0.2) is 0 Å². The van der Waals surface area contributed by atoms with Gasteiger partial charge in [0.05, 0.1) is 5.56 Å². The van der Waals surface area contributed by atoms with Crippen molar-refractivity contribution in [2.45, 2.75) is 13.3 Å². The van der Waals surface area contributed by atoms with E-state index in [2.05, 4.69) is 5.16 Å². The third-order valence-electron chi connectivity index (χ3n) is 2.63. The first kappa shape index (κ1) is 14.1. The van der Waals surface area contributed by atoms with Crippen LogP contribution in [0.3, 0.4) is 0 Å². The highest BCUT2D eigenvalue weighted by molar-refractivity contribution is 7.08. The third kappa shape index (κ3) is 3.39. The van der Waals surface area contributed by atoms with Gasteiger partial charge in [-0.3, -0.25) is 4.79 Å². The molecule has 2 rings (SSSR count). The Labute approximate surface area is 120 Å². The van der Waals surface area contributed by atoms with E-state index in [1.54, 1.807) is 48.7 Å². The zero-order valence-corrected chi connectivity index (χ0v) is 11.7. The number of carbonyl (C=O) groups is 2. The summed E-state index contributed by atoms with van der Waals surface area (Å²) in [6, 6.07) is 10.2. The monoisotopic (exact) mass is 287 g/mol. The fourth-order valence-electron chi connectivity index (χ4n) is 1.55. The molecule has 0 saturated heterocycles. The molecule has 0 bridgehead atoms. The van der Waals surface area contributed by atoms with Crippen LogP contribution in [0.15, 0.2) is 52.3 Å². The third-order valence-corrected chi connectivity index (χ3v) is 3.31. The number of oxime groups is 1. The van der Waals surface area contributed by atoms with Gasteiger partial charge in [-0.05, 0) is 30.0 Å². The predicted molar refractivity (Wildman–Crippen MR) is 78.2 cm³/mol. The molecule has 0 saturated carbocycles. The predicted octanol–water partition coefficient (Wildman–Crippen LogP) is 3.55. The molecule has 20 heavy (non-hydrogen) atoms. The van der Waals surface area contributed by atoms with Crippen molar-refractivity contribution in [3.63, 3.8) is 0 Å². The van der Waals surface area contributed by atoms with Crippen molar-refractivity contribution in [3.8, 4) is 0 Å². The van der Waals surface area contributed by atoms with Crippen LogP contribution in [0.1, 0.15) is 34.1 Å². The van der Waals surface area contributed by atoms with Gasteiger partial charge in [0.1, 0.15) is 5.71 Å². The van der Waals surface area contributed by atoms with Crippen LogP contribution in [0.5, 0.6) is 0 Å². The number of nitrogens with zero attached hydrogens (tertiary/aromatic N) is 1. The maximum absolute atomic E-state index is 12.1. The molecule has 0 amide bonds. The summed E-state index contributed by atoms with van der Waals surface area (Å²) in [5.74, 6) is -0.788. The fraction of sp³-hybridized carbons (Fsp3) is 0.133. The molecule has 1 aromatic carbocycles. The summed E-state index contributed by atoms with van der Waals surface area (Å²) >= 11 is 1.43. The normalized spacial score (nSPS) is 11.2. The topological polar surface area (TPSA) is 55.7 Å². The second-order valence-electron chi connectivity index (χ2n) is 3.98. The summed E-state index contributed by atoms with van der Waals surface area (Å²) in [4.78, 5) is 28.6. The second kappa shape index (κ2) is 6.77. The lowest BCUT2D eigenvalue weighted by Gasteiger charge is -2.01. The van der Waals surface area contributed by atoms with Gasteiger partial charge in [0.25, 0.3) is 0 Å². The van der Waals surface area contributed by atoms with Gasteiger partial charge in [-0.1, -0.05) is 30.3 Å². The van der Waals surface area contributed by atoms with E-state index < -0.39 is 5.97 Å².